The normalized spacial score (nSPS) is 10.9. The number of anilines is 1. The highest BCUT2D eigenvalue weighted by molar-refractivity contribution is 7.98. The van der Waals surface area contributed by atoms with Crippen molar-refractivity contribution in [2.75, 3.05) is 5.73 Å². The van der Waals surface area contributed by atoms with Gasteiger partial charge in [-0.25, -0.2) is 15.0 Å². The zero-order valence-corrected chi connectivity index (χ0v) is 11.2. The van der Waals surface area contributed by atoms with E-state index in [1.165, 1.54) is 39.9 Å². The summed E-state index contributed by atoms with van der Waals surface area (Å²) in [6, 6.07) is 1.46. The number of aromatic nitrogens is 5. The van der Waals surface area contributed by atoms with Gasteiger partial charge in [0.2, 0.25) is 4.96 Å². The molecule has 0 aliphatic rings. The smallest absolute Gasteiger partial charge is 0.275 e. The van der Waals surface area contributed by atoms with Crippen LogP contribution in [0.1, 0.15) is 5.69 Å². The molecule has 2 N–H and O–H groups in total. The van der Waals surface area contributed by atoms with Crippen molar-refractivity contribution in [3.63, 3.8) is 0 Å². The molecule has 9 heteroatoms. The highest BCUT2D eigenvalue weighted by Crippen LogP contribution is 2.23. The fourth-order valence-corrected chi connectivity index (χ4v) is 2.88. The Labute approximate surface area is 115 Å². The maximum absolute atomic E-state index is 11.7. The van der Waals surface area contributed by atoms with E-state index < -0.39 is 0 Å². The third-order valence-corrected chi connectivity index (χ3v) is 3.99. The van der Waals surface area contributed by atoms with Crippen LogP contribution in [0, 0.1) is 0 Å². The van der Waals surface area contributed by atoms with Gasteiger partial charge in [-0.15, -0.1) is 0 Å². The third kappa shape index (κ3) is 2.42. The highest BCUT2D eigenvalue weighted by atomic mass is 32.2. The average Bonchev–Trinajstić information content (AvgIpc) is 2.87. The van der Waals surface area contributed by atoms with E-state index in [0.29, 0.717) is 27.3 Å². The van der Waals surface area contributed by atoms with Gasteiger partial charge < -0.3 is 5.73 Å². The summed E-state index contributed by atoms with van der Waals surface area (Å²) < 4.78 is 1.27. The molecule has 19 heavy (non-hydrogen) atoms. The van der Waals surface area contributed by atoms with Crippen LogP contribution in [0.3, 0.4) is 0 Å². The molecule has 3 rings (SSSR count). The first-order valence-corrected chi connectivity index (χ1v) is 7.12. The predicted molar refractivity (Wildman–Crippen MR) is 73.1 cm³/mol. The monoisotopic (exact) mass is 292 g/mol. The van der Waals surface area contributed by atoms with Crippen LogP contribution < -0.4 is 11.3 Å². The molecule has 96 valence electrons. The number of nitrogens with zero attached hydrogens (tertiary/aromatic N) is 5. The Morgan fingerprint density at radius 2 is 2.21 bits per heavy atom. The van der Waals surface area contributed by atoms with Crippen LogP contribution in [-0.2, 0) is 5.75 Å². The molecule has 0 aliphatic heterocycles. The van der Waals surface area contributed by atoms with E-state index in [4.69, 9.17) is 5.73 Å². The average molecular weight is 292 g/mol. The van der Waals surface area contributed by atoms with Crippen molar-refractivity contribution >= 4 is 33.9 Å². The summed E-state index contributed by atoms with van der Waals surface area (Å²) in [5.74, 6) is 0.884. The van der Waals surface area contributed by atoms with Crippen LogP contribution >= 0.6 is 23.1 Å². The van der Waals surface area contributed by atoms with E-state index in [0.717, 1.165) is 0 Å². The lowest BCUT2D eigenvalue weighted by atomic mass is 10.4. The maximum Gasteiger partial charge on any atom is 0.275 e. The second-order valence-electron chi connectivity index (χ2n) is 3.55. The van der Waals surface area contributed by atoms with Gasteiger partial charge in [-0.05, 0) is 0 Å². The quantitative estimate of drug-likeness (QED) is 0.713. The minimum absolute atomic E-state index is 0.186. The molecular weight excluding hydrogens is 284 g/mol. The molecule has 0 amide bonds. The van der Waals surface area contributed by atoms with Gasteiger partial charge in [-0.2, -0.15) is 9.61 Å². The van der Waals surface area contributed by atoms with Gasteiger partial charge in [0, 0.05) is 24.2 Å². The van der Waals surface area contributed by atoms with E-state index >= 15 is 0 Å². The van der Waals surface area contributed by atoms with Crippen molar-refractivity contribution in [2.45, 2.75) is 10.8 Å². The lowest BCUT2D eigenvalue weighted by molar-refractivity contribution is 0.888. The Balaban J connectivity index is 1.86. The second kappa shape index (κ2) is 4.94. The zero-order chi connectivity index (χ0) is 13.2. The van der Waals surface area contributed by atoms with Crippen molar-refractivity contribution in [3.8, 4) is 0 Å². The number of thioether (sulfide) groups is 1. The van der Waals surface area contributed by atoms with Crippen molar-refractivity contribution in [1.29, 1.82) is 0 Å². The molecule has 0 unspecified atom stereocenters. The standard InChI is InChI=1S/C10H8N6OS2/c11-8-9(13-2-1-12-8)18-4-6-3-7(17)16-10(15-6)19-5-14-16/h1-3,5H,4H2,(H2,11,12). The molecule has 0 atom stereocenters. The Morgan fingerprint density at radius 1 is 1.37 bits per heavy atom. The van der Waals surface area contributed by atoms with E-state index in [-0.39, 0.29) is 5.56 Å². The van der Waals surface area contributed by atoms with Gasteiger partial charge in [0.05, 0.1) is 5.69 Å². The molecular formula is C10H8N6OS2. The summed E-state index contributed by atoms with van der Waals surface area (Å²) in [5.41, 5.74) is 7.77. The summed E-state index contributed by atoms with van der Waals surface area (Å²) >= 11 is 2.71. The van der Waals surface area contributed by atoms with Crippen LogP contribution in [0.4, 0.5) is 5.82 Å². The largest absolute Gasteiger partial charge is 0.381 e. The minimum atomic E-state index is -0.186. The lowest BCUT2D eigenvalue weighted by Crippen LogP contribution is -2.14. The molecule has 0 aromatic carbocycles. The van der Waals surface area contributed by atoms with Gasteiger partial charge in [0.1, 0.15) is 10.5 Å². The maximum atomic E-state index is 11.7. The van der Waals surface area contributed by atoms with Gasteiger partial charge in [0.15, 0.2) is 5.82 Å². The van der Waals surface area contributed by atoms with Gasteiger partial charge in [0.25, 0.3) is 5.56 Å². The Bertz CT molecular complexity index is 783. The van der Waals surface area contributed by atoms with Crippen LogP contribution in [-0.4, -0.2) is 24.6 Å². The summed E-state index contributed by atoms with van der Waals surface area (Å²) in [6.45, 7) is 0. The molecule has 0 fully saturated rings. The van der Waals surface area contributed by atoms with Crippen LogP contribution in [0.5, 0.6) is 0 Å². The zero-order valence-electron chi connectivity index (χ0n) is 9.55. The second-order valence-corrected chi connectivity index (χ2v) is 5.33. The predicted octanol–water partition coefficient (Wildman–Crippen LogP) is 0.815. The van der Waals surface area contributed by atoms with E-state index in [1.807, 2.05) is 0 Å². The third-order valence-electron chi connectivity index (χ3n) is 2.29. The number of nitrogen functional groups attached to an aromatic ring is 1. The Morgan fingerprint density at radius 3 is 3.05 bits per heavy atom. The van der Waals surface area contributed by atoms with Crippen molar-refractivity contribution in [2.24, 2.45) is 0 Å². The van der Waals surface area contributed by atoms with Gasteiger partial charge >= 0.3 is 0 Å². The van der Waals surface area contributed by atoms with Crippen LogP contribution in [0.25, 0.3) is 4.96 Å². The topological polar surface area (TPSA) is 99.1 Å². The summed E-state index contributed by atoms with van der Waals surface area (Å²) in [4.78, 5) is 24.7. The number of rotatable bonds is 3. The van der Waals surface area contributed by atoms with Crippen LogP contribution in [0.15, 0.2) is 33.8 Å². The number of hydrogen-bond donors (Lipinski definition) is 1. The van der Waals surface area contributed by atoms with Gasteiger partial charge in [-0.1, -0.05) is 23.1 Å². The lowest BCUT2D eigenvalue weighted by Gasteiger charge is -2.02. The molecule has 7 nitrogen and oxygen atoms in total. The Kier molecular flexibility index (Phi) is 3.13. The van der Waals surface area contributed by atoms with Crippen molar-refractivity contribution < 1.29 is 0 Å². The molecule has 3 heterocycles. The first-order valence-electron chi connectivity index (χ1n) is 5.26. The van der Waals surface area contributed by atoms with Crippen molar-refractivity contribution in [1.82, 2.24) is 24.6 Å². The first-order chi connectivity index (χ1) is 9.24. The number of nitrogens with two attached hydrogens (primary N) is 1. The molecule has 3 aromatic heterocycles. The summed E-state index contributed by atoms with van der Waals surface area (Å²) in [6.07, 6.45) is 3.11. The number of hydrogen-bond acceptors (Lipinski definition) is 8. The summed E-state index contributed by atoms with van der Waals surface area (Å²) in [5, 5.41) is 4.54. The molecule has 0 aliphatic carbocycles. The fourth-order valence-electron chi connectivity index (χ4n) is 1.46. The molecule has 0 saturated heterocycles. The Hall–Kier alpha value is -2.00. The molecule has 0 saturated carbocycles. The molecule has 0 spiro atoms. The van der Waals surface area contributed by atoms with Gasteiger partial charge in [-0.3, -0.25) is 4.79 Å². The van der Waals surface area contributed by atoms with E-state index in [1.54, 1.807) is 11.7 Å². The minimum Gasteiger partial charge on any atom is -0.381 e. The number of fused-ring (bicyclic) bond motifs is 1. The van der Waals surface area contributed by atoms with Crippen molar-refractivity contribution in [3.05, 3.63) is 40.0 Å². The summed E-state index contributed by atoms with van der Waals surface area (Å²) in [7, 11) is 0. The SMILES string of the molecule is Nc1nccnc1SCc1cc(=O)n2ncsc2n1. The molecule has 0 bridgehead atoms. The van der Waals surface area contributed by atoms with E-state index in [9.17, 15) is 4.79 Å². The fraction of sp³-hybridized carbons (Fsp3) is 0.100. The first kappa shape index (κ1) is 12.1. The molecule has 3 aromatic rings. The van der Waals surface area contributed by atoms with E-state index in [2.05, 4.69) is 20.1 Å². The molecule has 0 radical (unpaired) electrons. The highest BCUT2D eigenvalue weighted by Gasteiger charge is 2.07. The van der Waals surface area contributed by atoms with Crippen LogP contribution in [0.2, 0.25) is 0 Å².